The molecule has 0 radical (unpaired) electrons. The van der Waals surface area contributed by atoms with E-state index in [1.54, 1.807) is 18.9 Å². The van der Waals surface area contributed by atoms with E-state index in [2.05, 4.69) is 29.0 Å². The van der Waals surface area contributed by atoms with Crippen molar-refractivity contribution in [3.05, 3.63) is 41.7 Å². The van der Waals surface area contributed by atoms with E-state index < -0.39 is 0 Å². The maximum absolute atomic E-state index is 5.93. The first-order chi connectivity index (χ1) is 8.72. The molecule has 0 unspecified atom stereocenters. The number of methoxy groups -OCH3 is 1. The fraction of sp³-hybridized carbons (Fsp3) is 0.231. The van der Waals surface area contributed by atoms with Gasteiger partial charge in [-0.2, -0.15) is 4.98 Å². The van der Waals surface area contributed by atoms with Gasteiger partial charge in [-0.3, -0.25) is 0 Å². The topological polar surface area (TPSA) is 61.0 Å². The van der Waals surface area contributed by atoms with Crippen molar-refractivity contribution in [3.63, 3.8) is 0 Å². The standard InChI is InChI=1S/C13H15N3OS/c1-9-5-3-4-6-10(9)7-18-13-11(14)12(17-2)15-8-16-13/h3-6,8H,7,14H2,1-2H3. The summed E-state index contributed by atoms with van der Waals surface area (Å²) >= 11 is 1.59. The van der Waals surface area contributed by atoms with E-state index in [-0.39, 0.29) is 0 Å². The third kappa shape index (κ3) is 2.73. The third-order valence-electron chi connectivity index (χ3n) is 2.63. The van der Waals surface area contributed by atoms with Crippen LogP contribution in [-0.4, -0.2) is 17.1 Å². The summed E-state index contributed by atoms with van der Waals surface area (Å²) in [5.41, 5.74) is 8.97. The summed E-state index contributed by atoms with van der Waals surface area (Å²) in [7, 11) is 1.55. The molecule has 0 aliphatic rings. The van der Waals surface area contributed by atoms with Gasteiger partial charge in [-0.25, -0.2) is 4.98 Å². The molecule has 0 atom stereocenters. The highest BCUT2D eigenvalue weighted by Gasteiger charge is 2.09. The van der Waals surface area contributed by atoms with E-state index in [4.69, 9.17) is 10.5 Å². The molecule has 1 aromatic carbocycles. The summed E-state index contributed by atoms with van der Waals surface area (Å²) < 4.78 is 5.07. The molecule has 2 rings (SSSR count). The van der Waals surface area contributed by atoms with Crippen molar-refractivity contribution in [2.75, 3.05) is 12.8 Å². The molecule has 0 bridgehead atoms. The highest BCUT2D eigenvalue weighted by Crippen LogP contribution is 2.31. The fourth-order valence-electron chi connectivity index (χ4n) is 1.56. The fourth-order valence-corrected chi connectivity index (χ4v) is 2.54. The molecule has 0 amide bonds. The average Bonchev–Trinajstić information content (AvgIpc) is 2.39. The summed E-state index contributed by atoms with van der Waals surface area (Å²) in [4.78, 5) is 8.14. The Balaban J connectivity index is 2.14. The lowest BCUT2D eigenvalue weighted by atomic mass is 10.1. The molecule has 0 saturated carbocycles. The van der Waals surface area contributed by atoms with Crippen LogP contribution >= 0.6 is 11.8 Å². The highest BCUT2D eigenvalue weighted by atomic mass is 32.2. The van der Waals surface area contributed by atoms with Crippen molar-refractivity contribution in [2.24, 2.45) is 0 Å². The summed E-state index contributed by atoms with van der Waals surface area (Å²) in [5, 5.41) is 0.755. The lowest BCUT2D eigenvalue weighted by Gasteiger charge is -2.08. The normalized spacial score (nSPS) is 10.3. The Morgan fingerprint density at radius 2 is 2.06 bits per heavy atom. The van der Waals surface area contributed by atoms with Gasteiger partial charge < -0.3 is 10.5 Å². The Morgan fingerprint density at radius 1 is 1.28 bits per heavy atom. The zero-order valence-electron chi connectivity index (χ0n) is 10.4. The number of nitrogens with two attached hydrogens (primary N) is 1. The second kappa shape index (κ2) is 5.73. The number of aryl methyl sites for hydroxylation is 1. The SMILES string of the molecule is COc1ncnc(SCc2ccccc2C)c1N. The van der Waals surface area contributed by atoms with Gasteiger partial charge in [0.1, 0.15) is 17.0 Å². The lowest BCUT2D eigenvalue weighted by molar-refractivity contribution is 0.397. The van der Waals surface area contributed by atoms with Crippen LogP contribution in [0.4, 0.5) is 5.69 Å². The van der Waals surface area contributed by atoms with Gasteiger partial charge in [0, 0.05) is 5.75 Å². The van der Waals surface area contributed by atoms with E-state index >= 15 is 0 Å². The smallest absolute Gasteiger partial charge is 0.241 e. The number of anilines is 1. The van der Waals surface area contributed by atoms with Gasteiger partial charge >= 0.3 is 0 Å². The van der Waals surface area contributed by atoms with E-state index in [9.17, 15) is 0 Å². The van der Waals surface area contributed by atoms with Gasteiger partial charge in [0.25, 0.3) is 0 Å². The minimum atomic E-state index is 0.428. The van der Waals surface area contributed by atoms with Crippen molar-refractivity contribution >= 4 is 17.4 Å². The molecule has 4 nitrogen and oxygen atoms in total. The summed E-state index contributed by atoms with van der Waals surface area (Å²) in [6.07, 6.45) is 1.47. The van der Waals surface area contributed by atoms with Crippen LogP contribution in [-0.2, 0) is 5.75 Å². The van der Waals surface area contributed by atoms with E-state index in [0.29, 0.717) is 11.6 Å². The summed E-state index contributed by atoms with van der Waals surface area (Å²) in [6, 6.07) is 8.27. The zero-order chi connectivity index (χ0) is 13.0. The molecule has 0 aliphatic carbocycles. The van der Waals surface area contributed by atoms with Crippen LogP contribution in [0.15, 0.2) is 35.6 Å². The number of hydrogen-bond acceptors (Lipinski definition) is 5. The molecule has 0 aliphatic heterocycles. The van der Waals surface area contributed by atoms with Gasteiger partial charge in [0.15, 0.2) is 0 Å². The minimum Gasteiger partial charge on any atom is -0.479 e. The number of hydrogen-bond donors (Lipinski definition) is 1. The maximum atomic E-state index is 5.93. The zero-order valence-corrected chi connectivity index (χ0v) is 11.2. The van der Waals surface area contributed by atoms with Crippen LogP contribution in [0.2, 0.25) is 0 Å². The maximum Gasteiger partial charge on any atom is 0.241 e. The second-order valence-corrected chi connectivity index (χ2v) is 4.78. The molecular formula is C13H15N3OS. The van der Waals surface area contributed by atoms with Gasteiger partial charge in [0.05, 0.1) is 7.11 Å². The molecule has 2 aromatic rings. The van der Waals surface area contributed by atoms with Crippen LogP contribution < -0.4 is 10.5 Å². The molecule has 0 saturated heterocycles. The Morgan fingerprint density at radius 3 is 2.78 bits per heavy atom. The minimum absolute atomic E-state index is 0.428. The van der Waals surface area contributed by atoms with Crippen molar-refractivity contribution in [3.8, 4) is 5.88 Å². The highest BCUT2D eigenvalue weighted by molar-refractivity contribution is 7.98. The molecule has 5 heteroatoms. The monoisotopic (exact) mass is 261 g/mol. The second-order valence-electron chi connectivity index (χ2n) is 3.82. The number of thioether (sulfide) groups is 1. The van der Waals surface area contributed by atoms with Gasteiger partial charge in [-0.05, 0) is 18.1 Å². The Hall–Kier alpha value is -1.75. The van der Waals surface area contributed by atoms with Gasteiger partial charge in [-0.15, -0.1) is 0 Å². The number of nitrogen functional groups attached to an aromatic ring is 1. The molecular weight excluding hydrogens is 246 g/mol. The third-order valence-corrected chi connectivity index (χ3v) is 3.68. The van der Waals surface area contributed by atoms with Gasteiger partial charge in [-0.1, -0.05) is 36.0 Å². The van der Waals surface area contributed by atoms with Gasteiger partial charge in [0.2, 0.25) is 5.88 Å². The van der Waals surface area contributed by atoms with Crippen LogP contribution in [0.5, 0.6) is 5.88 Å². The molecule has 1 heterocycles. The number of ether oxygens (including phenoxy) is 1. The number of nitrogens with zero attached hydrogens (tertiary/aromatic N) is 2. The first-order valence-electron chi connectivity index (χ1n) is 5.54. The number of aromatic nitrogens is 2. The van der Waals surface area contributed by atoms with Crippen molar-refractivity contribution in [1.29, 1.82) is 0 Å². The van der Waals surface area contributed by atoms with Crippen LogP contribution in [0, 0.1) is 6.92 Å². The number of benzene rings is 1. The molecule has 1 aromatic heterocycles. The van der Waals surface area contributed by atoms with Crippen LogP contribution in [0.25, 0.3) is 0 Å². The average molecular weight is 261 g/mol. The van der Waals surface area contributed by atoms with E-state index in [1.165, 1.54) is 17.5 Å². The van der Waals surface area contributed by atoms with E-state index in [0.717, 1.165) is 10.8 Å². The number of rotatable bonds is 4. The first kappa shape index (κ1) is 12.7. The molecule has 94 valence electrons. The lowest BCUT2D eigenvalue weighted by Crippen LogP contribution is -1.99. The van der Waals surface area contributed by atoms with E-state index in [1.807, 2.05) is 12.1 Å². The molecule has 18 heavy (non-hydrogen) atoms. The van der Waals surface area contributed by atoms with Crippen LogP contribution in [0.1, 0.15) is 11.1 Å². The Bertz CT molecular complexity index is 546. The Labute approximate surface area is 111 Å². The predicted molar refractivity (Wildman–Crippen MR) is 73.7 cm³/mol. The van der Waals surface area contributed by atoms with Crippen LogP contribution in [0.3, 0.4) is 0 Å². The molecule has 0 fully saturated rings. The molecule has 0 spiro atoms. The quantitative estimate of drug-likeness (QED) is 0.677. The predicted octanol–water partition coefficient (Wildman–Crippen LogP) is 2.67. The summed E-state index contributed by atoms with van der Waals surface area (Å²) in [5.74, 6) is 1.26. The first-order valence-corrected chi connectivity index (χ1v) is 6.52. The molecule has 2 N–H and O–H groups in total. The van der Waals surface area contributed by atoms with Crippen molar-refractivity contribution in [2.45, 2.75) is 17.7 Å². The summed E-state index contributed by atoms with van der Waals surface area (Å²) in [6.45, 7) is 2.10. The van der Waals surface area contributed by atoms with Crippen molar-refractivity contribution < 1.29 is 4.74 Å². The Kier molecular flexibility index (Phi) is 4.04. The largest absolute Gasteiger partial charge is 0.479 e. The van der Waals surface area contributed by atoms with Crippen molar-refractivity contribution in [1.82, 2.24) is 9.97 Å².